The number of halogens is 2. The number of rotatable bonds is 3. The molecule has 2 rings (SSSR count). The lowest BCUT2D eigenvalue weighted by Crippen LogP contribution is -2.08. The molecular weight excluding hydrogens is 251 g/mol. The molecule has 0 aromatic heterocycles. The highest BCUT2D eigenvalue weighted by molar-refractivity contribution is 6.31. The van der Waals surface area contributed by atoms with E-state index < -0.39 is 11.9 Å². The molecule has 0 radical (unpaired) electrons. The lowest BCUT2D eigenvalue weighted by atomic mass is 10.1. The summed E-state index contributed by atoms with van der Waals surface area (Å²) < 4.78 is 13.0. The van der Waals surface area contributed by atoms with Gasteiger partial charge in [-0.15, -0.1) is 0 Å². The number of nitrogens with zero attached hydrogens (tertiary/aromatic N) is 1. The monoisotopic (exact) mass is 260 g/mol. The van der Waals surface area contributed by atoms with Crippen LogP contribution in [0.2, 0.25) is 5.02 Å². The van der Waals surface area contributed by atoms with Crippen LogP contribution in [0.1, 0.15) is 11.6 Å². The van der Waals surface area contributed by atoms with Crippen molar-refractivity contribution in [1.29, 1.82) is 5.26 Å². The first kappa shape index (κ1) is 12.4. The topological polar surface area (TPSA) is 35.8 Å². The summed E-state index contributed by atoms with van der Waals surface area (Å²) in [5.41, 5.74) is 1.46. The smallest absolute Gasteiger partial charge is 0.141 e. The number of benzene rings is 2. The molecule has 90 valence electrons. The third-order valence-corrected chi connectivity index (χ3v) is 2.78. The van der Waals surface area contributed by atoms with Crippen molar-refractivity contribution in [3.63, 3.8) is 0 Å². The second-order valence-corrected chi connectivity index (χ2v) is 4.15. The quantitative estimate of drug-likeness (QED) is 0.900. The minimum Gasteiger partial charge on any atom is -0.366 e. The van der Waals surface area contributed by atoms with E-state index >= 15 is 0 Å². The van der Waals surface area contributed by atoms with E-state index in [4.69, 9.17) is 16.9 Å². The Labute approximate surface area is 110 Å². The fourth-order valence-electron chi connectivity index (χ4n) is 1.59. The van der Waals surface area contributed by atoms with Crippen molar-refractivity contribution in [3.8, 4) is 6.07 Å². The second kappa shape index (κ2) is 5.52. The highest BCUT2D eigenvalue weighted by atomic mass is 35.5. The first-order valence-corrected chi connectivity index (χ1v) is 5.74. The zero-order chi connectivity index (χ0) is 13.0. The number of hydrogen-bond acceptors (Lipinski definition) is 2. The number of hydrogen-bond donors (Lipinski definition) is 1. The lowest BCUT2D eigenvalue weighted by Gasteiger charge is -2.13. The maximum Gasteiger partial charge on any atom is 0.141 e. The van der Waals surface area contributed by atoms with E-state index in [1.165, 1.54) is 12.1 Å². The number of nitriles is 1. The van der Waals surface area contributed by atoms with Crippen LogP contribution in [0.15, 0.2) is 48.5 Å². The van der Waals surface area contributed by atoms with Gasteiger partial charge in [0.1, 0.15) is 11.9 Å². The van der Waals surface area contributed by atoms with Crippen LogP contribution in [0.25, 0.3) is 0 Å². The molecular formula is C14H10ClFN2. The van der Waals surface area contributed by atoms with Gasteiger partial charge in [0, 0.05) is 5.69 Å². The molecule has 18 heavy (non-hydrogen) atoms. The van der Waals surface area contributed by atoms with Gasteiger partial charge < -0.3 is 5.32 Å². The van der Waals surface area contributed by atoms with Crippen LogP contribution in [-0.4, -0.2) is 0 Å². The van der Waals surface area contributed by atoms with Gasteiger partial charge in [0.25, 0.3) is 0 Å². The zero-order valence-corrected chi connectivity index (χ0v) is 10.2. The van der Waals surface area contributed by atoms with Crippen LogP contribution in [0.3, 0.4) is 0 Å². The van der Waals surface area contributed by atoms with Crippen molar-refractivity contribution in [2.24, 2.45) is 0 Å². The van der Waals surface area contributed by atoms with Gasteiger partial charge in [-0.1, -0.05) is 41.9 Å². The summed E-state index contributed by atoms with van der Waals surface area (Å²) in [5.74, 6) is -0.476. The predicted molar refractivity (Wildman–Crippen MR) is 69.8 cm³/mol. The Kier molecular flexibility index (Phi) is 3.81. The van der Waals surface area contributed by atoms with Crippen molar-refractivity contribution < 1.29 is 4.39 Å². The van der Waals surface area contributed by atoms with E-state index in [9.17, 15) is 4.39 Å². The number of nitrogens with one attached hydrogen (secondary N) is 1. The van der Waals surface area contributed by atoms with Gasteiger partial charge in [0.15, 0.2) is 0 Å². The summed E-state index contributed by atoms with van der Waals surface area (Å²) >= 11 is 5.69. The maximum absolute atomic E-state index is 13.0. The fraction of sp³-hybridized carbons (Fsp3) is 0.0714. The summed E-state index contributed by atoms with van der Waals surface area (Å²) in [7, 11) is 0. The van der Waals surface area contributed by atoms with Crippen LogP contribution in [0, 0.1) is 17.1 Å². The van der Waals surface area contributed by atoms with E-state index in [2.05, 4.69) is 11.4 Å². The molecule has 0 bridgehead atoms. The van der Waals surface area contributed by atoms with Gasteiger partial charge in [-0.05, 0) is 23.8 Å². The summed E-state index contributed by atoms with van der Waals surface area (Å²) in [6.45, 7) is 0. The third-order valence-electron chi connectivity index (χ3n) is 2.49. The Morgan fingerprint density at radius 2 is 1.89 bits per heavy atom. The molecule has 0 fully saturated rings. The molecule has 1 unspecified atom stereocenters. The molecule has 0 aliphatic rings. The van der Waals surface area contributed by atoms with Crippen molar-refractivity contribution in [2.45, 2.75) is 6.04 Å². The highest BCUT2D eigenvalue weighted by Gasteiger charge is 2.10. The Morgan fingerprint density at radius 1 is 1.17 bits per heavy atom. The van der Waals surface area contributed by atoms with E-state index in [0.29, 0.717) is 5.69 Å². The minimum absolute atomic E-state index is 0.0322. The molecule has 0 amide bonds. The first-order valence-electron chi connectivity index (χ1n) is 5.37. The molecule has 0 heterocycles. The highest BCUT2D eigenvalue weighted by Crippen LogP contribution is 2.23. The van der Waals surface area contributed by atoms with Crippen LogP contribution in [0.4, 0.5) is 10.1 Å². The first-order chi connectivity index (χ1) is 8.70. The third kappa shape index (κ3) is 2.79. The van der Waals surface area contributed by atoms with Crippen molar-refractivity contribution in [3.05, 3.63) is 64.9 Å². The minimum atomic E-state index is -0.493. The molecule has 0 saturated heterocycles. The molecule has 0 spiro atoms. The van der Waals surface area contributed by atoms with Crippen molar-refractivity contribution in [2.75, 3.05) is 5.32 Å². The van der Waals surface area contributed by atoms with Gasteiger partial charge in [-0.25, -0.2) is 4.39 Å². The van der Waals surface area contributed by atoms with Gasteiger partial charge in [-0.2, -0.15) is 5.26 Å². The SMILES string of the molecule is N#CC(Nc1ccc(F)c(Cl)c1)c1ccccc1. The Bertz CT molecular complexity index is 578. The van der Waals surface area contributed by atoms with Crippen LogP contribution < -0.4 is 5.32 Å². The maximum atomic E-state index is 13.0. The van der Waals surface area contributed by atoms with E-state index in [-0.39, 0.29) is 5.02 Å². The zero-order valence-electron chi connectivity index (χ0n) is 9.40. The average molecular weight is 261 g/mol. The van der Waals surface area contributed by atoms with Gasteiger partial charge in [0.2, 0.25) is 0 Å². The molecule has 0 aliphatic heterocycles. The average Bonchev–Trinajstić information content (AvgIpc) is 2.41. The molecule has 2 aromatic carbocycles. The van der Waals surface area contributed by atoms with E-state index in [1.807, 2.05) is 30.3 Å². The van der Waals surface area contributed by atoms with Gasteiger partial charge in [0.05, 0.1) is 11.1 Å². The normalized spacial score (nSPS) is 11.6. The van der Waals surface area contributed by atoms with Crippen molar-refractivity contribution in [1.82, 2.24) is 0 Å². The fourth-order valence-corrected chi connectivity index (χ4v) is 1.77. The molecule has 2 nitrogen and oxygen atoms in total. The summed E-state index contributed by atoms with van der Waals surface area (Å²) in [6, 6.07) is 15.2. The molecule has 1 N–H and O–H groups in total. The van der Waals surface area contributed by atoms with Crippen molar-refractivity contribution >= 4 is 17.3 Å². The molecule has 2 aromatic rings. The van der Waals surface area contributed by atoms with Crippen LogP contribution in [-0.2, 0) is 0 Å². The Hall–Kier alpha value is -2.05. The molecule has 0 saturated carbocycles. The van der Waals surface area contributed by atoms with E-state index in [1.54, 1.807) is 6.07 Å². The predicted octanol–water partition coefficient (Wildman–Crippen LogP) is 4.16. The Balaban J connectivity index is 2.21. The number of anilines is 1. The lowest BCUT2D eigenvalue weighted by molar-refractivity contribution is 0.628. The molecule has 0 aliphatic carbocycles. The van der Waals surface area contributed by atoms with Gasteiger partial charge >= 0.3 is 0 Å². The molecule has 1 atom stereocenters. The standard InChI is InChI=1S/C14H10ClFN2/c15-12-8-11(6-7-13(12)16)18-14(9-17)10-4-2-1-3-5-10/h1-8,14,18H. The second-order valence-electron chi connectivity index (χ2n) is 3.75. The van der Waals surface area contributed by atoms with Crippen LogP contribution in [0.5, 0.6) is 0 Å². The van der Waals surface area contributed by atoms with Gasteiger partial charge in [-0.3, -0.25) is 0 Å². The van der Waals surface area contributed by atoms with E-state index in [0.717, 1.165) is 5.56 Å². The summed E-state index contributed by atoms with van der Waals surface area (Å²) in [5, 5.41) is 12.2. The largest absolute Gasteiger partial charge is 0.366 e. The summed E-state index contributed by atoms with van der Waals surface area (Å²) in [4.78, 5) is 0. The summed E-state index contributed by atoms with van der Waals surface area (Å²) in [6.07, 6.45) is 0. The Morgan fingerprint density at radius 3 is 2.50 bits per heavy atom. The van der Waals surface area contributed by atoms with Crippen LogP contribution >= 0.6 is 11.6 Å². The molecule has 4 heteroatoms.